The van der Waals surface area contributed by atoms with Crippen molar-refractivity contribution < 1.29 is 9.32 Å². The number of aliphatic imine (C=N–C) groups is 1. The van der Waals surface area contributed by atoms with E-state index >= 15 is 0 Å². The maximum Gasteiger partial charge on any atom is 0.260 e. The van der Waals surface area contributed by atoms with Crippen LogP contribution in [0.3, 0.4) is 0 Å². The van der Waals surface area contributed by atoms with E-state index in [0.717, 1.165) is 5.56 Å². The minimum atomic E-state index is 0.318. The molecule has 0 spiro atoms. The normalized spacial score (nSPS) is 10.0. The monoisotopic (exact) mass is 263 g/mol. The van der Waals surface area contributed by atoms with Gasteiger partial charge in [0.1, 0.15) is 0 Å². The molecule has 0 unspecified atom stereocenters. The van der Waals surface area contributed by atoms with Crippen LogP contribution in [0.4, 0.5) is 5.69 Å². The molecule has 0 radical (unpaired) electrons. The van der Waals surface area contributed by atoms with Crippen LogP contribution in [0.5, 0.6) is 0 Å². The second-order valence-corrected chi connectivity index (χ2v) is 4.01. The van der Waals surface area contributed by atoms with Crippen LogP contribution in [0, 0.1) is 0 Å². The average Bonchev–Trinajstić information content (AvgIpc) is 2.99. The summed E-state index contributed by atoms with van der Waals surface area (Å²) in [5.41, 5.74) is 1.91. The molecule has 5 heteroatoms. The molecule has 3 rings (SSSR count). The van der Waals surface area contributed by atoms with E-state index in [4.69, 9.17) is 4.52 Å². The summed E-state index contributed by atoms with van der Waals surface area (Å²) in [6, 6.07) is 16.5. The molecule has 1 aromatic heterocycles. The van der Waals surface area contributed by atoms with E-state index in [1.165, 1.54) is 6.08 Å². The Bertz CT molecular complexity index is 775. The molecule has 0 aliphatic rings. The van der Waals surface area contributed by atoms with E-state index in [9.17, 15) is 4.79 Å². The van der Waals surface area contributed by atoms with Crippen molar-refractivity contribution in [3.63, 3.8) is 0 Å². The van der Waals surface area contributed by atoms with Crippen molar-refractivity contribution >= 4 is 11.8 Å². The van der Waals surface area contributed by atoms with Gasteiger partial charge in [-0.2, -0.15) is 9.98 Å². The lowest BCUT2D eigenvalue weighted by Crippen LogP contribution is -1.81. The lowest BCUT2D eigenvalue weighted by atomic mass is 10.2. The van der Waals surface area contributed by atoms with Gasteiger partial charge in [0, 0.05) is 5.56 Å². The maximum absolute atomic E-state index is 10.4. The third-order valence-corrected chi connectivity index (χ3v) is 2.76. The minimum Gasteiger partial charge on any atom is -0.334 e. The van der Waals surface area contributed by atoms with Gasteiger partial charge in [-0.25, -0.2) is 4.79 Å². The first kappa shape index (κ1) is 12.0. The topological polar surface area (TPSA) is 68.3 Å². The predicted octanol–water partition coefficient (Wildman–Crippen LogP) is 3.37. The van der Waals surface area contributed by atoms with E-state index < -0.39 is 0 Å². The molecule has 0 fully saturated rings. The molecular formula is C15H9N3O2. The lowest BCUT2D eigenvalue weighted by molar-refractivity contribution is 0.432. The molecule has 0 saturated heterocycles. The van der Waals surface area contributed by atoms with Gasteiger partial charge in [0.05, 0.1) is 11.3 Å². The molecule has 0 saturated carbocycles. The third-order valence-electron chi connectivity index (χ3n) is 2.76. The summed E-state index contributed by atoms with van der Waals surface area (Å²) in [5, 5.41) is 3.94. The van der Waals surface area contributed by atoms with Gasteiger partial charge in [-0.3, -0.25) is 0 Å². The maximum atomic E-state index is 10.4. The number of rotatable bonds is 3. The molecule has 3 aromatic rings. The standard InChI is InChI=1S/C15H9N3O2/c19-10-16-13-9-5-4-8-12(13)15-17-14(18-20-15)11-6-2-1-3-7-11/h1-9H. The summed E-state index contributed by atoms with van der Waals surface area (Å²) < 4.78 is 5.24. The molecule has 2 aromatic carbocycles. The molecule has 0 amide bonds. The van der Waals surface area contributed by atoms with E-state index in [1.807, 2.05) is 36.4 Å². The van der Waals surface area contributed by atoms with E-state index in [1.54, 1.807) is 18.2 Å². The summed E-state index contributed by atoms with van der Waals surface area (Å²) in [7, 11) is 0. The molecular weight excluding hydrogens is 254 g/mol. The fraction of sp³-hybridized carbons (Fsp3) is 0. The Morgan fingerprint density at radius 2 is 1.75 bits per heavy atom. The molecule has 0 bridgehead atoms. The number of para-hydroxylation sites is 1. The van der Waals surface area contributed by atoms with Gasteiger partial charge in [0.25, 0.3) is 5.89 Å². The van der Waals surface area contributed by atoms with Gasteiger partial charge in [-0.15, -0.1) is 0 Å². The van der Waals surface area contributed by atoms with Gasteiger partial charge < -0.3 is 4.52 Å². The van der Waals surface area contributed by atoms with Crippen molar-refractivity contribution in [2.75, 3.05) is 0 Å². The van der Waals surface area contributed by atoms with Gasteiger partial charge in [0.15, 0.2) is 0 Å². The first-order chi connectivity index (χ1) is 9.88. The average molecular weight is 263 g/mol. The Morgan fingerprint density at radius 3 is 2.55 bits per heavy atom. The SMILES string of the molecule is O=C=Nc1ccccc1-c1nc(-c2ccccc2)no1. The van der Waals surface area contributed by atoms with Gasteiger partial charge >= 0.3 is 0 Å². The van der Waals surface area contributed by atoms with Gasteiger partial charge in [-0.05, 0) is 12.1 Å². The Balaban J connectivity index is 2.05. The molecule has 0 atom stereocenters. The largest absolute Gasteiger partial charge is 0.334 e. The van der Waals surface area contributed by atoms with Crippen LogP contribution in [0.2, 0.25) is 0 Å². The quantitative estimate of drug-likeness (QED) is 0.536. The van der Waals surface area contributed by atoms with E-state index in [2.05, 4.69) is 15.1 Å². The fourth-order valence-electron chi connectivity index (χ4n) is 1.84. The highest BCUT2D eigenvalue weighted by Crippen LogP contribution is 2.29. The highest BCUT2D eigenvalue weighted by molar-refractivity contribution is 5.72. The van der Waals surface area contributed by atoms with Crippen LogP contribution in [-0.4, -0.2) is 16.2 Å². The second-order valence-electron chi connectivity index (χ2n) is 4.01. The second kappa shape index (κ2) is 5.30. The van der Waals surface area contributed by atoms with E-state index in [-0.39, 0.29) is 0 Å². The summed E-state index contributed by atoms with van der Waals surface area (Å²) in [6.07, 6.45) is 1.52. The van der Waals surface area contributed by atoms with Crippen molar-refractivity contribution in [3.05, 3.63) is 54.6 Å². The fourth-order valence-corrected chi connectivity index (χ4v) is 1.84. The predicted molar refractivity (Wildman–Crippen MR) is 73.0 cm³/mol. The van der Waals surface area contributed by atoms with Crippen molar-refractivity contribution in [2.24, 2.45) is 4.99 Å². The van der Waals surface area contributed by atoms with Crippen LogP contribution >= 0.6 is 0 Å². The molecule has 0 N–H and O–H groups in total. The Kier molecular flexibility index (Phi) is 3.18. The molecule has 0 aliphatic carbocycles. The minimum absolute atomic E-state index is 0.318. The molecule has 20 heavy (non-hydrogen) atoms. The number of nitrogens with zero attached hydrogens (tertiary/aromatic N) is 3. The Labute approximate surface area is 114 Å². The molecule has 5 nitrogen and oxygen atoms in total. The Morgan fingerprint density at radius 1 is 1.00 bits per heavy atom. The number of benzene rings is 2. The van der Waals surface area contributed by atoms with E-state index in [0.29, 0.717) is 23.0 Å². The van der Waals surface area contributed by atoms with Crippen LogP contribution in [0.15, 0.2) is 64.1 Å². The van der Waals surface area contributed by atoms with Crippen molar-refractivity contribution in [1.82, 2.24) is 10.1 Å². The highest BCUT2D eigenvalue weighted by atomic mass is 16.5. The number of aromatic nitrogens is 2. The summed E-state index contributed by atoms with van der Waals surface area (Å²) >= 11 is 0. The van der Waals surface area contributed by atoms with Crippen LogP contribution in [0.25, 0.3) is 22.8 Å². The zero-order valence-corrected chi connectivity index (χ0v) is 10.4. The lowest BCUT2D eigenvalue weighted by Gasteiger charge is -1.97. The van der Waals surface area contributed by atoms with Crippen LogP contribution in [-0.2, 0) is 4.79 Å². The highest BCUT2D eigenvalue weighted by Gasteiger charge is 2.13. The van der Waals surface area contributed by atoms with Gasteiger partial charge in [-0.1, -0.05) is 47.6 Å². The van der Waals surface area contributed by atoms with Crippen molar-refractivity contribution in [2.45, 2.75) is 0 Å². The van der Waals surface area contributed by atoms with Crippen molar-refractivity contribution in [1.29, 1.82) is 0 Å². The van der Waals surface area contributed by atoms with Crippen LogP contribution in [0.1, 0.15) is 0 Å². The smallest absolute Gasteiger partial charge is 0.260 e. The Hall–Kier alpha value is -3.04. The third kappa shape index (κ3) is 2.25. The molecule has 96 valence electrons. The molecule has 1 heterocycles. The zero-order chi connectivity index (χ0) is 13.8. The molecule has 0 aliphatic heterocycles. The summed E-state index contributed by atoms with van der Waals surface area (Å²) in [4.78, 5) is 18.4. The van der Waals surface area contributed by atoms with Gasteiger partial charge in [0.2, 0.25) is 11.9 Å². The number of hydrogen-bond donors (Lipinski definition) is 0. The summed E-state index contributed by atoms with van der Waals surface area (Å²) in [6.45, 7) is 0. The number of hydrogen-bond acceptors (Lipinski definition) is 5. The first-order valence-electron chi connectivity index (χ1n) is 5.95. The number of isocyanates is 1. The summed E-state index contributed by atoms with van der Waals surface area (Å²) in [5.74, 6) is 0.809. The number of carbonyl (C=O) groups excluding carboxylic acids is 1. The zero-order valence-electron chi connectivity index (χ0n) is 10.4. The van der Waals surface area contributed by atoms with Crippen molar-refractivity contribution in [3.8, 4) is 22.8 Å². The van der Waals surface area contributed by atoms with Crippen LogP contribution < -0.4 is 0 Å². The first-order valence-corrected chi connectivity index (χ1v) is 5.95.